The predicted octanol–water partition coefficient (Wildman–Crippen LogP) is 27.3. The third kappa shape index (κ3) is 11.9. The number of aromatic nitrogens is 3. The van der Waals surface area contributed by atoms with Crippen LogP contribution in [-0.4, -0.2) is 33.8 Å². The first-order valence-corrected chi connectivity index (χ1v) is 48.6. The third-order valence-electron chi connectivity index (χ3n) is 29.6. The largest absolute Gasteiger partial charge is 0.458 e. The summed E-state index contributed by atoms with van der Waals surface area (Å²) in [5.41, 5.74) is 28.4. The average molecular weight is 1850 g/mol. The molecule has 3 aromatic heterocycles. The van der Waals surface area contributed by atoms with Gasteiger partial charge in [0.25, 0.3) is 20.1 Å². The van der Waals surface area contributed by atoms with Crippen molar-refractivity contribution in [1.29, 1.82) is 0 Å². The number of hydrogen-bond acceptors (Lipinski definition) is 12. The molecule has 0 spiro atoms. The number of anilines is 9. The first-order valence-electron chi connectivity index (χ1n) is 48.6. The van der Waals surface area contributed by atoms with E-state index in [9.17, 15) is 0 Å². The standard InChI is InChI=1S/3C42H25BN2O3/c1-2-12-26(13-3-1)44-32-17-7-4-14-28(32)29-24-39-35(25-34(29)44)45(33-18-8-11-21-38(33)48-39)27-22-40-42-41(23-27)47-37-20-10-6-16-31(37)43(42)30-15-5-9-19-36(30)46-40;1-2-12-26(13-3-1)45-32-17-7-4-14-28(32)29-22-23-34-42(41(29)45)48-37-21-11-8-18-33(37)44(34)27-24-38-40-39(25-27)47-36-20-10-6-16-31(36)43(40)30-15-5-9-19-35(30)46-38;1-2-12-26(13-3-1)44-31-17-7-4-14-28(31)40-33(44)22-23-34-42(40)48-37-21-11-8-18-32(37)45(34)27-24-38-41-39(25-27)47-36-20-10-6-16-30(36)43(41)29-15-5-9-19-35(29)46-38/h3*1-25H. The highest BCUT2D eigenvalue weighted by Gasteiger charge is 2.47. The zero-order chi connectivity index (χ0) is 94.0. The quantitative estimate of drug-likeness (QED) is 0.148. The highest BCUT2D eigenvalue weighted by atomic mass is 16.5. The average Bonchev–Trinajstić information content (AvgIpc) is 1.25. The van der Waals surface area contributed by atoms with E-state index in [-0.39, 0.29) is 20.1 Å². The Labute approximate surface area is 826 Å². The van der Waals surface area contributed by atoms with E-state index in [4.69, 9.17) is 42.6 Å². The van der Waals surface area contributed by atoms with Crippen molar-refractivity contribution in [3.63, 3.8) is 0 Å². The molecule has 0 bridgehead atoms. The van der Waals surface area contributed by atoms with E-state index in [1.54, 1.807) is 0 Å². The molecule has 15 nitrogen and oxygen atoms in total. The molecule has 0 unspecified atom stereocenters. The molecule has 0 fully saturated rings. The monoisotopic (exact) mass is 1850 g/mol. The molecule has 0 saturated carbocycles. The van der Waals surface area contributed by atoms with Crippen LogP contribution in [0.1, 0.15) is 0 Å². The number of nitrogens with zero attached hydrogens (tertiary/aromatic N) is 6. The van der Waals surface area contributed by atoms with Crippen LogP contribution < -0.4 is 106 Å². The number of benzene rings is 21. The van der Waals surface area contributed by atoms with Gasteiger partial charge in [-0.15, -0.1) is 0 Å². The van der Waals surface area contributed by atoms with Gasteiger partial charge in [-0.25, -0.2) is 0 Å². The molecule has 24 aromatic rings. The van der Waals surface area contributed by atoms with Gasteiger partial charge in [0.2, 0.25) is 0 Å². The summed E-state index contributed by atoms with van der Waals surface area (Å²) in [4.78, 5) is 6.84. The summed E-state index contributed by atoms with van der Waals surface area (Å²) in [7, 11) is 0. The fourth-order valence-electron chi connectivity index (χ4n) is 23.7. The van der Waals surface area contributed by atoms with Crippen molar-refractivity contribution in [3.05, 3.63) is 455 Å². The molecule has 21 aromatic carbocycles. The van der Waals surface area contributed by atoms with Crippen LogP contribution in [0.25, 0.3) is 82.5 Å². The number of hydrogen-bond donors (Lipinski definition) is 0. The van der Waals surface area contributed by atoms with Gasteiger partial charge in [0.15, 0.2) is 34.5 Å². The molecule has 0 saturated heterocycles. The molecule has 18 heteroatoms. The molecular formula is C126H75B3N6O9. The van der Waals surface area contributed by atoms with E-state index < -0.39 is 0 Å². The molecule has 0 N–H and O–H groups in total. The number of ether oxygens (including phenoxy) is 9. The lowest BCUT2D eigenvalue weighted by molar-refractivity contribution is 0.463. The zero-order valence-corrected chi connectivity index (χ0v) is 76.9. The lowest BCUT2D eigenvalue weighted by Gasteiger charge is -2.36. The van der Waals surface area contributed by atoms with Crippen molar-refractivity contribution in [2.45, 2.75) is 0 Å². The van der Waals surface area contributed by atoms with E-state index in [2.05, 4.69) is 411 Å². The van der Waals surface area contributed by atoms with Crippen LogP contribution in [0.5, 0.6) is 103 Å². The van der Waals surface area contributed by atoms with Gasteiger partial charge in [-0.1, -0.05) is 255 Å². The number of para-hydroxylation sites is 18. The van der Waals surface area contributed by atoms with Crippen molar-refractivity contribution in [3.8, 4) is 121 Å². The van der Waals surface area contributed by atoms with Crippen molar-refractivity contribution in [1.82, 2.24) is 13.7 Å². The first kappa shape index (κ1) is 79.8. The van der Waals surface area contributed by atoms with Crippen LogP contribution in [-0.2, 0) is 0 Å². The van der Waals surface area contributed by atoms with Gasteiger partial charge >= 0.3 is 0 Å². The summed E-state index contributed by atoms with van der Waals surface area (Å²) < 4.78 is 67.6. The van der Waals surface area contributed by atoms with Crippen molar-refractivity contribution in [2.75, 3.05) is 14.7 Å². The van der Waals surface area contributed by atoms with Gasteiger partial charge in [-0.2, -0.15) is 0 Å². The van der Waals surface area contributed by atoms with Crippen molar-refractivity contribution >= 4 is 186 Å². The summed E-state index contributed by atoms with van der Waals surface area (Å²) >= 11 is 0. The van der Waals surface area contributed by atoms with Gasteiger partial charge in [-0.05, 0) is 197 Å². The van der Waals surface area contributed by atoms with Gasteiger partial charge in [0, 0.05) is 96.8 Å². The summed E-state index contributed by atoms with van der Waals surface area (Å²) in [6, 6.07) is 158. The number of rotatable bonds is 6. The molecule has 0 atom stereocenters. The first-order chi connectivity index (χ1) is 71.4. The highest BCUT2D eigenvalue weighted by Crippen LogP contribution is 2.61. The van der Waals surface area contributed by atoms with Crippen molar-refractivity contribution in [2.24, 2.45) is 0 Å². The SMILES string of the molecule is c1ccc(-n2c3ccccc3c3c4c(ccc32)N(c2cc3c5c(c2)Oc2ccccc2B5c2ccccc2O3)c2ccccc2O4)cc1.c1ccc(-n2c3ccccc3c3cc4c(cc32)N(c2cc3c5c(c2)Oc2ccccc2B5c2ccccc2O3)c2ccccc2O4)cc1.c1ccc(-n2c3ccccc3c3ccc4c(c32)Oc2ccccc2N4c2cc3c4c(c2)Oc2ccccc2B4c2ccccc2O3)cc1. The van der Waals surface area contributed by atoms with Gasteiger partial charge in [0.05, 0.1) is 89.7 Å². The Bertz CT molecular complexity index is 9230. The third-order valence-corrected chi connectivity index (χ3v) is 29.6. The summed E-state index contributed by atoms with van der Waals surface area (Å²) in [5, 5.41) is 6.83. The molecule has 9 aliphatic rings. The molecule has 0 amide bonds. The second-order valence-electron chi connectivity index (χ2n) is 37.4. The van der Waals surface area contributed by atoms with Crippen molar-refractivity contribution < 1.29 is 42.6 Å². The maximum Gasteiger partial charge on any atom is 0.260 e. The van der Waals surface area contributed by atoms with Crippen LogP contribution in [0.3, 0.4) is 0 Å². The Hall–Kier alpha value is -19.2. The second kappa shape index (κ2) is 31.2. The molecule has 144 heavy (non-hydrogen) atoms. The molecule has 672 valence electrons. The fraction of sp³-hybridized carbons (Fsp3) is 0. The Morgan fingerprint density at radius 3 is 0.861 bits per heavy atom. The zero-order valence-electron chi connectivity index (χ0n) is 76.9. The topological polar surface area (TPSA) is 108 Å². The minimum Gasteiger partial charge on any atom is -0.458 e. The Morgan fingerprint density at radius 1 is 0.153 bits per heavy atom. The fourth-order valence-corrected chi connectivity index (χ4v) is 23.7. The summed E-state index contributed by atoms with van der Waals surface area (Å²) in [5.74, 6) is 14.8. The van der Waals surface area contributed by atoms with E-state index in [0.29, 0.717) is 0 Å². The van der Waals surface area contributed by atoms with Gasteiger partial charge in [-0.3, -0.25) is 0 Å². The van der Waals surface area contributed by atoms with Crippen LogP contribution >= 0.6 is 0 Å². The molecule has 0 aliphatic carbocycles. The minimum atomic E-state index is 0.0180. The summed E-state index contributed by atoms with van der Waals surface area (Å²) in [6.07, 6.45) is 0. The van der Waals surface area contributed by atoms with E-state index in [1.807, 2.05) is 72.8 Å². The Morgan fingerprint density at radius 2 is 0.444 bits per heavy atom. The van der Waals surface area contributed by atoms with Crippen LogP contribution in [0.15, 0.2) is 455 Å². The van der Waals surface area contributed by atoms with Crippen LogP contribution in [0, 0.1) is 0 Å². The Balaban J connectivity index is 0.0000000986. The molecule has 12 heterocycles. The van der Waals surface area contributed by atoms with Crippen LogP contribution in [0.4, 0.5) is 51.2 Å². The molecule has 0 radical (unpaired) electrons. The predicted molar refractivity (Wildman–Crippen MR) is 580 cm³/mol. The smallest absolute Gasteiger partial charge is 0.260 e. The van der Waals surface area contributed by atoms with E-state index in [0.717, 1.165) is 276 Å². The lowest BCUT2D eigenvalue weighted by Crippen LogP contribution is -2.57. The van der Waals surface area contributed by atoms with E-state index >= 15 is 0 Å². The molecular weight excluding hydrogens is 1770 g/mol. The van der Waals surface area contributed by atoms with Crippen LogP contribution in [0.2, 0.25) is 0 Å². The second-order valence-corrected chi connectivity index (χ2v) is 37.4. The molecule has 33 rings (SSSR count). The maximum atomic E-state index is 6.90. The lowest BCUT2D eigenvalue weighted by atomic mass is 9.35. The summed E-state index contributed by atoms with van der Waals surface area (Å²) in [6.45, 7) is 0.0563. The maximum absolute atomic E-state index is 6.90. The normalized spacial score (nSPS) is 13.4. The number of fused-ring (bicyclic) bond motifs is 29. The minimum absolute atomic E-state index is 0.0180. The van der Waals surface area contributed by atoms with E-state index in [1.165, 1.54) is 10.8 Å². The van der Waals surface area contributed by atoms with Gasteiger partial charge in [0.1, 0.15) is 69.0 Å². The van der Waals surface area contributed by atoms with Gasteiger partial charge < -0.3 is 71.0 Å². The molecule has 9 aliphatic heterocycles. The Kier molecular flexibility index (Phi) is 17.3. The highest BCUT2D eigenvalue weighted by molar-refractivity contribution is 6.99.